The topological polar surface area (TPSA) is 81.5 Å². The lowest BCUT2D eigenvalue weighted by Crippen LogP contribution is -2.22. The maximum absolute atomic E-state index is 12.1. The molecule has 1 aromatic heterocycles. The molecule has 7 nitrogen and oxygen atoms in total. The Morgan fingerprint density at radius 1 is 1.24 bits per heavy atom. The minimum atomic E-state index is -0.380. The van der Waals surface area contributed by atoms with Crippen LogP contribution >= 0.6 is 23.8 Å². The van der Waals surface area contributed by atoms with Gasteiger partial charge in [-0.15, -0.1) is 0 Å². The number of aromatic amines is 1. The van der Waals surface area contributed by atoms with E-state index in [1.807, 2.05) is 31.2 Å². The minimum Gasteiger partial charge on any atom is -0.490 e. The Balaban J connectivity index is 1.84. The van der Waals surface area contributed by atoms with E-state index in [-0.39, 0.29) is 16.0 Å². The third-order valence-electron chi connectivity index (χ3n) is 3.94. The van der Waals surface area contributed by atoms with Crippen molar-refractivity contribution in [3.63, 3.8) is 0 Å². The van der Waals surface area contributed by atoms with Gasteiger partial charge in [0.1, 0.15) is 12.3 Å². The quantitative estimate of drug-likeness (QED) is 0.450. The first kappa shape index (κ1) is 20.8. The summed E-state index contributed by atoms with van der Waals surface area (Å²) in [6, 6.07) is 12.9. The number of aryl methyl sites for hydroxylation is 1. The summed E-state index contributed by atoms with van der Waals surface area (Å²) in [7, 11) is 0. The number of benzene rings is 2. The van der Waals surface area contributed by atoms with Crippen LogP contribution in [0.25, 0.3) is 0 Å². The maximum Gasteiger partial charge on any atom is 0.296 e. The second kappa shape index (κ2) is 9.49. The molecular formula is C20H19ClN4O3S. The molecule has 1 N–H and O–H groups in total. The third-order valence-corrected chi connectivity index (χ3v) is 4.58. The number of hydrogen-bond acceptors (Lipinski definition) is 6. The normalized spacial score (nSPS) is 11.0. The molecule has 3 aromatic rings. The van der Waals surface area contributed by atoms with E-state index in [4.69, 9.17) is 33.3 Å². The molecule has 2 aromatic carbocycles. The van der Waals surface area contributed by atoms with Crippen molar-refractivity contribution in [2.75, 3.05) is 6.61 Å². The summed E-state index contributed by atoms with van der Waals surface area (Å²) >= 11 is 11.3. The van der Waals surface area contributed by atoms with Gasteiger partial charge in [-0.2, -0.15) is 14.9 Å². The standard InChI is InChI=1S/C20H19ClN4O3S/c1-3-27-18-10-14(11-22-25-19(26)13(2)23-24-20(25)29)8-9-17(18)28-12-15-6-4-5-7-16(15)21/h4-11H,3,12H2,1-2H3,(H,24,29)/b22-11-. The second-order valence-corrected chi connectivity index (χ2v) is 6.79. The Bertz CT molecular complexity index is 1160. The number of ether oxygens (including phenoxy) is 2. The van der Waals surface area contributed by atoms with E-state index in [9.17, 15) is 4.79 Å². The first-order valence-electron chi connectivity index (χ1n) is 8.85. The van der Waals surface area contributed by atoms with Gasteiger partial charge in [0.2, 0.25) is 4.77 Å². The van der Waals surface area contributed by atoms with Crippen LogP contribution in [0.3, 0.4) is 0 Å². The monoisotopic (exact) mass is 430 g/mol. The molecule has 29 heavy (non-hydrogen) atoms. The molecule has 0 saturated carbocycles. The zero-order chi connectivity index (χ0) is 20.8. The van der Waals surface area contributed by atoms with E-state index in [1.165, 1.54) is 6.21 Å². The van der Waals surface area contributed by atoms with Crippen LogP contribution in [0, 0.1) is 11.7 Å². The summed E-state index contributed by atoms with van der Waals surface area (Å²) in [6.07, 6.45) is 1.52. The summed E-state index contributed by atoms with van der Waals surface area (Å²) < 4.78 is 12.8. The lowest BCUT2D eigenvalue weighted by Gasteiger charge is -2.13. The van der Waals surface area contributed by atoms with Crippen molar-refractivity contribution in [3.05, 3.63) is 79.4 Å². The molecule has 0 aliphatic heterocycles. The predicted octanol–water partition coefficient (Wildman–Crippen LogP) is 4.12. The van der Waals surface area contributed by atoms with Gasteiger partial charge in [-0.25, -0.2) is 0 Å². The van der Waals surface area contributed by atoms with Crippen LogP contribution in [0.2, 0.25) is 5.02 Å². The highest BCUT2D eigenvalue weighted by Gasteiger charge is 2.08. The Kier molecular flexibility index (Phi) is 6.79. The highest BCUT2D eigenvalue weighted by atomic mass is 35.5. The number of rotatable bonds is 7. The van der Waals surface area contributed by atoms with E-state index in [0.29, 0.717) is 35.3 Å². The van der Waals surface area contributed by atoms with Crippen LogP contribution < -0.4 is 15.0 Å². The molecule has 0 saturated heterocycles. The Morgan fingerprint density at radius 2 is 2.03 bits per heavy atom. The smallest absolute Gasteiger partial charge is 0.296 e. The van der Waals surface area contributed by atoms with Crippen LogP contribution in [0.5, 0.6) is 11.5 Å². The van der Waals surface area contributed by atoms with Gasteiger partial charge in [-0.3, -0.25) is 9.89 Å². The van der Waals surface area contributed by atoms with Crippen molar-refractivity contribution in [1.29, 1.82) is 0 Å². The summed E-state index contributed by atoms with van der Waals surface area (Å²) in [4.78, 5) is 12.1. The molecule has 0 fully saturated rings. The van der Waals surface area contributed by atoms with Gasteiger partial charge in [0.25, 0.3) is 5.56 Å². The number of hydrogen-bond donors (Lipinski definition) is 1. The fourth-order valence-corrected chi connectivity index (χ4v) is 2.83. The van der Waals surface area contributed by atoms with Crippen LogP contribution in [-0.2, 0) is 6.61 Å². The van der Waals surface area contributed by atoms with Crippen molar-refractivity contribution in [2.45, 2.75) is 20.5 Å². The van der Waals surface area contributed by atoms with Gasteiger partial charge in [0.15, 0.2) is 11.5 Å². The Labute approximate surface area is 177 Å². The number of H-pyrrole nitrogens is 1. The van der Waals surface area contributed by atoms with E-state index in [1.54, 1.807) is 25.1 Å². The molecule has 150 valence electrons. The summed E-state index contributed by atoms with van der Waals surface area (Å²) in [5, 5.41) is 11.2. The number of halogens is 1. The summed E-state index contributed by atoms with van der Waals surface area (Å²) in [5.41, 5.74) is 1.49. The van der Waals surface area contributed by atoms with Crippen molar-refractivity contribution in [3.8, 4) is 11.5 Å². The van der Waals surface area contributed by atoms with E-state index in [0.717, 1.165) is 10.2 Å². The minimum absolute atomic E-state index is 0.113. The summed E-state index contributed by atoms with van der Waals surface area (Å²) in [5.74, 6) is 1.14. The molecule has 0 unspecified atom stereocenters. The molecule has 9 heteroatoms. The van der Waals surface area contributed by atoms with Crippen LogP contribution in [0.4, 0.5) is 0 Å². The molecule has 0 amide bonds. The average Bonchev–Trinajstić information content (AvgIpc) is 2.71. The van der Waals surface area contributed by atoms with Crippen molar-refractivity contribution in [1.82, 2.24) is 14.9 Å². The van der Waals surface area contributed by atoms with Crippen LogP contribution in [0.1, 0.15) is 23.7 Å². The Morgan fingerprint density at radius 3 is 2.79 bits per heavy atom. The predicted molar refractivity (Wildman–Crippen MR) is 115 cm³/mol. The highest BCUT2D eigenvalue weighted by molar-refractivity contribution is 7.71. The molecule has 0 radical (unpaired) electrons. The Hall–Kier alpha value is -2.97. The third kappa shape index (κ3) is 5.10. The lowest BCUT2D eigenvalue weighted by molar-refractivity contribution is 0.269. The molecule has 1 heterocycles. The first-order chi connectivity index (χ1) is 14.0. The lowest BCUT2D eigenvalue weighted by atomic mass is 10.2. The number of nitrogens with one attached hydrogen (secondary N) is 1. The summed E-state index contributed by atoms with van der Waals surface area (Å²) in [6.45, 7) is 4.25. The molecule has 0 atom stereocenters. The fourth-order valence-electron chi connectivity index (χ4n) is 2.47. The van der Waals surface area contributed by atoms with Gasteiger partial charge in [0.05, 0.1) is 12.8 Å². The SMILES string of the molecule is CCOc1cc(/C=N\n2c(=S)[nH]nc(C)c2=O)ccc1OCc1ccccc1Cl. The van der Waals surface area contributed by atoms with Crippen molar-refractivity contribution >= 4 is 30.0 Å². The van der Waals surface area contributed by atoms with Crippen LogP contribution in [-0.4, -0.2) is 27.7 Å². The van der Waals surface area contributed by atoms with Crippen LogP contribution in [0.15, 0.2) is 52.4 Å². The van der Waals surface area contributed by atoms with E-state index < -0.39 is 0 Å². The zero-order valence-corrected chi connectivity index (χ0v) is 17.5. The largest absolute Gasteiger partial charge is 0.490 e. The molecule has 0 spiro atoms. The highest BCUT2D eigenvalue weighted by Crippen LogP contribution is 2.29. The molecule has 0 aliphatic carbocycles. The van der Waals surface area contributed by atoms with Gasteiger partial charge in [-0.1, -0.05) is 29.8 Å². The van der Waals surface area contributed by atoms with Gasteiger partial charge in [-0.05, 0) is 55.9 Å². The maximum atomic E-state index is 12.1. The zero-order valence-electron chi connectivity index (χ0n) is 15.9. The van der Waals surface area contributed by atoms with E-state index in [2.05, 4.69) is 15.3 Å². The van der Waals surface area contributed by atoms with Crippen molar-refractivity contribution in [2.24, 2.45) is 5.10 Å². The van der Waals surface area contributed by atoms with Gasteiger partial charge >= 0.3 is 0 Å². The van der Waals surface area contributed by atoms with Gasteiger partial charge in [0, 0.05) is 10.6 Å². The molecule has 0 bridgehead atoms. The van der Waals surface area contributed by atoms with Gasteiger partial charge < -0.3 is 9.47 Å². The average molecular weight is 431 g/mol. The number of nitrogens with zero attached hydrogens (tertiary/aromatic N) is 3. The molecular weight excluding hydrogens is 412 g/mol. The first-order valence-corrected chi connectivity index (χ1v) is 9.64. The van der Waals surface area contributed by atoms with E-state index >= 15 is 0 Å². The molecule has 3 rings (SSSR count). The second-order valence-electron chi connectivity index (χ2n) is 5.99. The molecule has 0 aliphatic rings. The number of aromatic nitrogens is 3. The fraction of sp³-hybridized carbons (Fsp3) is 0.200. The van der Waals surface area contributed by atoms with Crippen molar-refractivity contribution < 1.29 is 9.47 Å².